The first-order chi connectivity index (χ1) is 22.0. The number of aliphatic hydroxyl groups excluding tert-OH is 1. The molecule has 1 fully saturated rings. The average Bonchev–Trinajstić information content (AvgIpc) is 3.47. The van der Waals surface area contributed by atoms with Gasteiger partial charge >= 0.3 is 0 Å². The van der Waals surface area contributed by atoms with Gasteiger partial charge in [-0.2, -0.15) is 0 Å². The predicted molar refractivity (Wildman–Crippen MR) is 179 cm³/mol. The van der Waals surface area contributed by atoms with Gasteiger partial charge in [-0.3, -0.25) is 19.7 Å². The number of benzene rings is 2. The molecule has 4 aromatic heterocycles. The fourth-order valence-corrected chi connectivity index (χ4v) is 6.16. The molecule has 0 radical (unpaired) electrons. The molecule has 1 atom stereocenters. The second-order valence-corrected chi connectivity index (χ2v) is 11.6. The number of likely N-dealkylation sites (tertiary alicyclic amines) is 1. The quantitative estimate of drug-likeness (QED) is 0.155. The molecule has 6 aromatic rings. The van der Waals surface area contributed by atoms with Gasteiger partial charge in [0.25, 0.3) is 0 Å². The van der Waals surface area contributed by atoms with Crippen LogP contribution in [-0.4, -0.2) is 55.4 Å². The number of rotatable bonds is 8. The molecule has 224 valence electrons. The summed E-state index contributed by atoms with van der Waals surface area (Å²) in [5.74, 6) is 1.22. The smallest absolute Gasteiger partial charge is 0.156 e. The van der Waals surface area contributed by atoms with Gasteiger partial charge in [0.15, 0.2) is 17.9 Å². The molecule has 5 heterocycles. The van der Waals surface area contributed by atoms with Crippen molar-refractivity contribution in [1.29, 1.82) is 0 Å². The Morgan fingerprint density at radius 2 is 1.56 bits per heavy atom. The van der Waals surface area contributed by atoms with Gasteiger partial charge in [-0.1, -0.05) is 35.9 Å². The Bertz CT molecular complexity index is 2070. The van der Waals surface area contributed by atoms with Crippen LogP contribution in [0.1, 0.15) is 27.9 Å². The molecule has 10 heteroatoms. The molecule has 3 N–H and O–H groups in total. The van der Waals surface area contributed by atoms with Gasteiger partial charge < -0.3 is 15.7 Å². The van der Waals surface area contributed by atoms with Crippen molar-refractivity contribution in [2.24, 2.45) is 0 Å². The first kappa shape index (κ1) is 28.8. The van der Waals surface area contributed by atoms with Crippen LogP contribution in [-0.2, 0) is 6.54 Å². The van der Waals surface area contributed by atoms with Gasteiger partial charge in [-0.05, 0) is 66.4 Å². The number of hydrogen-bond acceptors (Lipinski definition) is 9. The van der Waals surface area contributed by atoms with Crippen LogP contribution in [0.3, 0.4) is 0 Å². The zero-order chi connectivity index (χ0) is 30.9. The van der Waals surface area contributed by atoms with Gasteiger partial charge in [-0.15, -0.1) is 0 Å². The van der Waals surface area contributed by atoms with Crippen molar-refractivity contribution in [3.05, 3.63) is 107 Å². The highest BCUT2D eigenvalue weighted by Crippen LogP contribution is 2.39. The summed E-state index contributed by atoms with van der Waals surface area (Å²) in [5.41, 5.74) is 7.44. The summed E-state index contributed by atoms with van der Waals surface area (Å²) in [6.45, 7) is 4.36. The maximum Gasteiger partial charge on any atom is 0.156 e. The number of fused-ring (bicyclic) bond motifs is 2. The largest absolute Gasteiger partial charge is 0.392 e. The number of carbonyl (C=O) groups excluding carboxylic acids is 1. The Morgan fingerprint density at radius 1 is 0.889 bits per heavy atom. The monoisotopic (exact) mass is 615 g/mol. The SMILES string of the molecule is Cc1c(Nc2nccc3cc(C=O)cnc23)cccc1-c1cccc(Nc2nccc3cc(CN4CC[C@@H](O)C4)cnc23)c1Cl. The Labute approximate surface area is 265 Å². The van der Waals surface area contributed by atoms with E-state index in [4.69, 9.17) is 16.6 Å². The molecule has 0 aliphatic carbocycles. The molecule has 0 spiro atoms. The summed E-state index contributed by atoms with van der Waals surface area (Å²) in [7, 11) is 0. The number of halogens is 1. The van der Waals surface area contributed by atoms with Gasteiger partial charge in [-0.25, -0.2) is 9.97 Å². The zero-order valence-corrected chi connectivity index (χ0v) is 25.3. The molecule has 9 nitrogen and oxygen atoms in total. The van der Waals surface area contributed by atoms with E-state index in [1.54, 1.807) is 24.7 Å². The van der Waals surface area contributed by atoms with Gasteiger partial charge in [0.2, 0.25) is 0 Å². The van der Waals surface area contributed by atoms with Crippen LogP contribution in [0.4, 0.5) is 23.0 Å². The summed E-state index contributed by atoms with van der Waals surface area (Å²) in [6.07, 6.45) is 8.23. The number of aromatic nitrogens is 4. The Hall–Kier alpha value is -4.96. The van der Waals surface area contributed by atoms with Crippen molar-refractivity contribution >= 4 is 62.7 Å². The minimum absolute atomic E-state index is 0.251. The molecule has 1 aliphatic rings. The second kappa shape index (κ2) is 12.2. The molecular formula is C35H30ClN7O2. The van der Waals surface area contributed by atoms with E-state index >= 15 is 0 Å². The second-order valence-electron chi connectivity index (χ2n) is 11.3. The fourth-order valence-electron chi connectivity index (χ4n) is 5.88. The minimum atomic E-state index is -0.251. The highest BCUT2D eigenvalue weighted by atomic mass is 35.5. The number of anilines is 4. The van der Waals surface area contributed by atoms with E-state index in [0.29, 0.717) is 34.3 Å². The highest BCUT2D eigenvalue weighted by Gasteiger charge is 2.20. The lowest BCUT2D eigenvalue weighted by Gasteiger charge is -2.17. The molecule has 0 bridgehead atoms. The number of hydrogen-bond donors (Lipinski definition) is 3. The molecule has 0 amide bonds. The van der Waals surface area contributed by atoms with E-state index in [9.17, 15) is 9.90 Å². The maximum atomic E-state index is 11.2. The van der Waals surface area contributed by atoms with Crippen LogP contribution in [0.25, 0.3) is 32.9 Å². The van der Waals surface area contributed by atoms with Crippen LogP contribution >= 0.6 is 11.6 Å². The van der Waals surface area contributed by atoms with E-state index < -0.39 is 0 Å². The van der Waals surface area contributed by atoms with Crippen molar-refractivity contribution in [2.45, 2.75) is 26.0 Å². The topological polar surface area (TPSA) is 116 Å². The maximum absolute atomic E-state index is 11.2. The lowest BCUT2D eigenvalue weighted by Crippen LogP contribution is -2.21. The number of nitrogens with one attached hydrogen (secondary N) is 2. The van der Waals surface area contributed by atoms with Crippen molar-refractivity contribution in [3.63, 3.8) is 0 Å². The molecule has 45 heavy (non-hydrogen) atoms. The van der Waals surface area contributed by atoms with Crippen LogP contribution in [0.2, 0.25) is 5.02 Å². The zero-order valence-electron chi connectivity index (χ0n) is 24.5. The van der Waals surface area contributed by atoms with Gasteiger partial charge in [0.1, 0.15) is 11.0 Å². The summed E-state index contributed by atoms with van der Waals surface area (Å²) in [5, 5.41) is 19.1. The Balaban J connectivity index is 1.17. The van der Waals surface area contributed by atoms with Crippen LogP contribution in [0.15, 0.2) is 85.5 Å². The number of pyridine rings is 4. The number of aliphatic hydroxyl groups is 1. The Kier molecular flexibility index (Phi) is 7.81. The molecular weight excluding hydrogens is 586 g/mol. The third kappa shape index (κ3) is 5.81. The third-order valence-electron chi connectivity index (χ3n) is 8.19. The molecule has 0 saturated carbocycles. The highest BCUT2D eigenvalue weighted by molar-refractivity contribution is 6.36. The number of aldehydes is 1. The molecule has 1 aliphatic heterocycles. The number of β-amino-alcohol motifs (C(OH)–C–C–N with tert-alkyl or cyclic N) is 1. The van der Waals surface area contributed by atoms with Crippen molar-refractivity contribution < 1.29 is 9.90 Å². The number of carbonyl (C=O) groups is 1. The lowest BCUT2D eigenvalue weighted by atomic mass is 9.98. The van der Waals surface area contributed by atoms with E-state index in [-0.39, 0.29) is 6.10 Å². The minimum Gasteiger partial charge on any atom is -0.392 e. The Morgan fingerprint density at radius 3 is 2.27 bits per heavy atom. The van der Waals surface area contributed by atoms with E-state index in [1.165, 1.54) is 0 Å². The normalized spacial score (nSPS) is 15.0. The van der Waals surface area contributed by atoms with Crippen LogP contribution < -0.4 is 10.6 Å². The fraction of sp³-hybridized carbons (Fsp3) is 0.171. The summed E-state index contributed by atoms with van der Waals surface area (Å²) in [4.78, 5) is 31.8. The van der Waals surface area contributed by atoms with E-state index in [2.05, 4.69) is 36.6 Å². The van der Waals surface area contributed by atoms with Gasteiger partial charge in [0, 0.05) is 72.0 Å². The molecule has 2 aromatic carbocycles. The van der Waals surface area contributed by atoms with Crippen molar-refractivity contribution in [2.75, 3.05) is 23.7 Å². The third-order valence-corrected chi connectivity index (χ3v) is 8.60. The first-order valence-electron chi connectivity index (χ1n) is 14.7. The van der Waals surface area contributed by atoms with Gasteiger partial charge in [0.05, 0.1) is 16.8 Å². The number of nitrogens with zero attached hydrogens (tertiary/aromatic N) is 5. The molecule has 7 rings (SSSR count). The molecule has 0 unspecified atom stereocenters. The molecule has 1 saturated heterocycles. The standard InChI is InChI=1S/C35H30ClN7O2/c1-21-27(4-2-6-29(21)41-34-33-25(9-12-37-34)15-23(20-44)17-40-33)28-5-3-7-30(31(28)36)42-35-32-24(8-11-38-35)14-22(16-39-32)18-43-13-10-26(45)19-43/h2-9,11-12,14-17,20,26,45H,10,13,18-19H2,1H3,(H,37,41)(H,38,42)/t26-/m1/s1. The summed E-state index contributed by atoms with van der Waals surface area (Å²) in [6, 6.07) is 19.6. The summed E-state index contributed by atoms with van der Waals surface area (Å²) < 4.78 is 0. The average molecular weight is 616 g/mol. The van der Waals surface area contributed by atoms with Crippen molar-refractivity contribution in [3.8, 4) is 11.1 Å². The van der Waals surface area contributed by atoms with Crippen LogP contribution in [0.5, 0.6) is 0 Å². The lowest BCUT2D eigenvalue weighted by molar-refractivity contribution is 0.112. The van der Waals surface area contributed by atoms with Crippen LogP contribution in [0, 0.1) is 6.92 Å². The summed E-state index contributed by atoms with van der Waals surface area (Å²) >= 11 is 7.06. The van der Waals surface area contributed by atoms with Crippen molar-refractivity contribution in [1.82, 2.24) is 24.8 Å². The van der Waals surface area contributed by atoms with E-state index in [0.717, 1.165) is 75.7 Å². The van der Waals surface area contributed by atoms with E-state index in [1.807, 2.05) is 61.7 Å². The predicted octanol–water partition coefficient (Wildman–Crippen LogP) is 7.07. The first-order valence-corrected chi connectivity index (χ1v) is 15.1.